The van der Waals surface area contributed by atoms with Gasteiger partial charge in [-0.3, -0.25) is 4.98 Å². The van der Waals surface area contributed by atoms with Crippen molar-refractivity contribution in [2.45, 2.75) is 25.7 Å². The van der Waals surface area contributed by atoms with Crippen molar-refractivity contribution in [2.24, 2.45) is 5.73 Å². The molecule has 7 aromatic rings. The lowest BCUT2D eigenvalue weighted by molar-refractivity contribution is 0.661. The SMILES string of the molecule is CC1(C)c2ccccc2-c2cc3c(-c4ccc(C/C=C\C=C/N)nc4)c4ccccc4c(-c4cccc(-c5ccccc5)c4)c3cc21. The van der Waals surface area contributed by atoms with Gasteiger partial charge in [0, 0.05) is 29.3 Å². The number of aromatic nitrogens is 1. The van der Waals surface area contributed by atoms with E-state index in [0.29, 0.717) is 0 Å². The second-order valence-electron chi connectivity index (χ2n) is 12.9. The van der Waals surface area contributed by atoms with Crippen LogP contribution in [0.3, 0.4) is 0 Å². The molecule has 0 unspecified atom stereocenters. The van der Waals surface area contributed by atoms with Gasteiger partial charge >= 0.3 is 0 Å². The number of allylic oxidation sites excluding steroid dienone is 3. The first kappa shape index (κ1) is 28.7. The Kier molecular flexibility index (Phi) is 7.07. The third-order valence-electron chi connectivity index (χ3n) is 9.78. The van der Waals surface area contributed by atoms with Crippen molar-refractivity contribution >= 4 is 21.5 Å². The van der Waals surface area contributed by atoms with Gasteiger partial charge in [-0.15, -0.1) is 0 Å². The predicted octanol–water partition coefficient (Wildman–Crippen LogP) is 11.3. The minimum atomic E-state index is -0.106. The zero-order valence-electron chi connectivity index (χ0n) is 26.7. The highest BCUT2D eigenvalue weighted by Gasteiger charge is 2.36. The summed E-state index contributed by atoms with van der Waals surface area (Å²) in [5.74, 6) is 0. The van der Waals surface area contributed by atoms with Crippen LogP contribution in [0.2, 0.25) is 0 Å². The van der Waals surface area contributed by atoms with E-state index in [-0.39, 0.29) is 5.41 Å². The fourth-order valence-electron chi connectivity index (χ4n) is 7.50. The van der Waals surface area contributed by atoms with E-state index in [1.54, 1.807) is 6.20 Å². The van der Waals surface area contributed by atoms with E-state index >= 15 is 0 Å². The van der Waals surface area contributed by atoms with Gasteiger partial charge in [0.25, 0.3) is 0 Å². The molecule has 1 aliphatic carbocycles. The highest BCUT2D eigenvalue weighted by atomic mass is 14.7. The summed E-state index contributed by atoms with van der Waals surface area (Å²) < 4.78 is 0. The summed E-state index contributed by atoms with van der Waals surface area (Å²) in [5.41, 5.74) is 19.1. The molecule has 0 fully saturated rings. The molecule has 0 saturated carbocycles. The van der Waals surface area contributed by atoms with Crippen LogP contribution in [-0.4, -0.2) is 4.98 Å². The summed E-state index contributed by atoms with van der Waals surface area (Å²) in [6.07, 6.45) is 10.2. The van der Waals surface area contributed by atoms with Crippen LogP contribution in [0.4, 0.5) is 0 Å². The topological polar surface area (TPSA) is 38.9 Å². The molecular formula is C45H36N2. The van der Waals surface area contributed by atoms with Crippen molar-refractivity contribution in [1.29, 1.82) is 0 Å². The van der Waals surface area contributed by atoms with Crippen LogP contribution < -0.4 is 5.73 Å². The molecule has 6 aromatic carbocycles. The number of nitrogens with two attached hydrogens (primary N) is 1. The lowest BCUT2D eigenvalue weighted by Crippen LogP contribution is -2.14. The molecule has 0 spiro atoms. The lowest BCUT2D eigenvalue weighted by Gasteiger charge is -2.24. The molecule has 0 saturated heterocycles. The number of hydrogen-bond acceptors (Lipinski definition) is 2. The van der Waals surface area contributed by atoms with Crippen molar-refractivity contribution in [2.75, 3.05) is 0 Å². The van der Waals surface area contributed by atoms with Gasteiger partial charge in [0.2, 0.25) is 0 Å². The van der Waals surface area contributed by atoms with E-state index in [0.717, 1.165) is 17.7 Å². The van der Waals surface area contributed by atoms with Gasteiger partial charge in [-0.25, -0.2) is 0 Å². The molecular weight excluding hydrogens is 569 g/mol. The third-order valence-corrected chi connectivity index (χ3v) is 9.78. The van der Waals surface area contributed by atoms with Gasteiger partial charge in [0.15, 0.2) is 0 Å². The Morgan fingerprint density at radius 2 is 1.23 bits per heavy atom. The lowest BCUT2D eigenvalue weighted by atomic mass is 9.79. The van der Waals surface area contributed by atoms with Gasteiger partial charge < -0.3 is 5.73 Å². The highest BCUT2D eigenvalue weighted by molar-refractivity contribution is 6.22. The fourth-order valence-corrected chi connectivity index (χ4v) is 7.50. The quantitative estimate of drug-likeness (QED) is 0.151. The van der Waals surface area contributed by atoms with Crippen LogP contribution in [0.5, 0.6) is 0 Å². The van der Waals surface area contributed by atoms with E-state index < -0.39 is 0 Å². The van der Waals surface area contributed by atoms with Gasteiger partial charge in [-0.05, 0) is 108 Å². The second kappa shape index (κ2) is 11.6. The largest absolute Gasteiger partial charge is 0.405 e. The Morgan fingerprint density at radius 1 is 0.553 bits per heavy atom. The molecule has 226 valence electrons. The number of nitrogens with zero attached hydrogens (tertiary/aromatic N) is 1. The monoisotopic (exact) mass is 604 g/mol. The predicted molar refractivity (Wildman–Crippen MR) is 199 cm³/mol. The first-order valence-corrected chi connectivity index (χ1v) is 16.3. The average molecular weight is 605 g/mol. The molecule has 1 aliphatic rings. The molecule has 2 nitrogen and oxygen atoms in total. The van der Waals surface area contributed by atoms with Crippen LogP contribution in [0.1, 0.15) is 30.7 Å². The van der Waals surface area contributed by atoms with Gasteiger partial charge in [0.05, 0.1) is 0 Å². The summed E-state index contributed by atoms with van der Waals surface area (Å²) in [6.45, 7) is 4.73. The van der Waals surface area contributed by atoms with Crippen molar-refractivity contribution in [3.63, 3.8) is 0 Å². The minimum Gasteiger partial charge on any atom is -0.405 e. The molecule has 2 heteroatoms. The molecule has 2 N–H and O–H groups in total. The minimum absolute atomic E-state index is 0.106. The van der Waals surface area contributed by atoms with Crippen LogP contribution in [0.15, 0.2) is 158 Å². The Balaban J connectivity index is 1.43. The van der Waals surface area contributed by atoms with Crippen molar-refractivity contribution < 1.29 is 0 Å². The van der Waals surface area contributed by atoms with E-state index in [2.05, 4.69) is 147 Å². The van der Waals surface area contributed by atoms with E-state index in [1.807, 2.05) is 18.3 Å². The maximum Gasteiger partial charge on any atom is 0.0441 e. The zero-order chi connectivity index (χ0) is 32.0. The van der Waals surface area contributed by atoms with Crippen LogP contribution in [0.25, 0.3) is 66.1 Å². The van der Waals surface area contributed by atoms with E-state index in [1.165, 1.54) is 71.6 Å². The number of benzene rings is 6. The number of hydrogen-bond donors (Lipinski definition) is 1. The van der Waals surface area contributed by atoms with Gasteiger partial charge in [0.1, 0.15) is 0 Å². The first-order valence-electron chi connectivity index (χ1n) is 16.3. The van der Waals surface area contributed by atoms with Crippen LogP contribution in [0, 0.1) is 0 Å². The fraction of sp³-hybridized carbons (Fsp3) is 0.0889. The molecule has 8 rings (SSSR count). The second-order valence-corrected chi connectivity index (χ2v) is 12.9. The van der Waals surface area contributed by atoms with Crippen molar-refractivity contribution in [3.05, 3.63) is 175 Å². The summed E-state index contributed by atoms with van der Waals surface area (Å²) >= 11 is 0. The normalized spacial score (nSPS) is 13.5. The molecule has 47 heavy (non-hydrogen) atoms. The molecule has 1 aromatic heterocycles. The molecule has 1 heterocycles. The average Bonchev–Trinajstić information content (AvgIpc) is 3.34. The van der Waals surface area contributed by atoms with Crippen LogP contribution in [-0.2, 0) is 11.8 Å². The van der Waals surface area contributed by atoms with Crippen LogP contribution >= 0.6 is 0 Å². The van der Waals surface area contributed by atoms with Crippen molar-refractivity contribution in [3.8, 4) is 44.5 Å². The Labute approximate surface area is 276 Å². The van der Waals surface area contributed by atoms with Gasteiger partial charge in [-0.1, -0.05) is 129 Å². The molecule has 0 radical (unpaired) electrons. The van der Waals surface area contributed by atoms with E-state index in [4.69, 9.17) is 10.7 Å². The molecule has 0 aliphatic heterocycles. The Hall–Kier alpha value is -5.73. The number of rotatable bonds is 6. The standard InChI is InChI=1S/C45H36N2/c1-45(2)41-22-11-10-19-35(41)38-27-39-40(28-42(38)45)43(32-17-13-16-31(26-32)30-14-5-3-6-15-30)36-20-8-9-21-37(36)44(39)33-23-24-34(47-29-33)18-7-4-12-25-46/h3-17,19-29H,18,46H2,1-2H3/b7-4-,25-12-. The Bertz CT molecular complexity index is 2340. The maximum absolute atomic E-state index is 5.49. The summed E-state index contributed by atoms with van der Waals surface area (Å²) in [4.78, 5) is 4.92. The van der Waals surface area contributed by atoms with Gasteiger partial charge in [-0.2, -0.15) is 0 Å². The first-order chi connectivity index (χ1) is 23.0. The maximum atomic E-state index is 5.49. The highest BCUT2D eigenvalue weighted by Crippen LogP contribution is 2.53. The Morgan fingerprint density at radius 3 is 2.00 bits per heavy atom. The molecule has 0 bridgehead atoms. The van der Waals surface area contributed by atoms with E-state index in [9.17, 15) is 0 Å². The smallest absolute Gasteiger partial charge is 0.0441 e. The zero-order valence-corrected chi connectivity index (χ0v) is 26.7. The number of pyridine rings is 1. The molecule has 0 atom stereocenters. The summed E-state index contributed by atoms with van der Waals surface area (Å²) in [7, 11) is 0. The summed E-state index contributed by atoms with van der Waals surface area (Å²) in [5, 5.41) is 4.99. The number of fused-ring (bicyclic) bond motifs is 5. The van der Waals surface area contributed by atoms with Crippen molar-refractivity contribution in [1.82, 2.24) is 4.98 Å². The summed E-state index contributed by atoms with van der Waals surface area (Å²) in [6, 6.07) is 46.8. The third kappa shape index (κ3) is 4.85. The molecule has 0 amide bonds.